The van der Waals surface area contributed by atoms with Crippen molar-refractivity contribution in [2.75, 3.05) is 0 Å². The zero-order valence-electron chi connectivity index (χ0n) is 6.66. The Hall–Kier alpha value is -1.03. The van der Waals surface area contributed by atoms with Gasteiger partial charge in [-0.1, -0.05) is 12.1 Å². The maximum Gasteiger partial charge on any atom is 0.357 e. The van der Waals surface area contributed by atoms with E-state index in [1.807, 2.05) is 0 Å². The molecule has 0 heterocycles. The summed E-state index contributed by atoms with van der Waals surface area (Å²) in [5, 5.41) is 8.66. The number of carbonyl (C=O) groups excluding carboxylic acids is 1. The summed E-state index contributed by atoms with van der Waals surface area (Å²) in [5.74, 6) is -2.07. The SMILES string of the molecule is O=C(O)c1ccccc1C(=O)OCl.[Cu]. The Bertz CT molecular complexity index is 353. The second-order valence-electron chi connectivity index (χ2n) is 2.22. The Morgan fingerprint density at radius 1 is 1.21 bits per heavy atom. The third-order valence-electron chi connectivity index (χ3n) is 1.45. The maximum absolute atomic E-state index is 10.9. The van der Waals surface area contributed by atoms with E-state index in [1.54, 1.807) is 0 Å². The van der Waals surface area contributed by atoms with Crippen LogP contribution in [0.2, 0.25) is 0 Å². The maximum atomic E-state index is 10.9. The van der Waals surface area contributed by atoms with Crippen molar-refractivity contribution in [3.8, 4) is 0 Å². The van der Waals surface area contributed by atoms with Gasteiger partial charge in [-0.25, -0.2) is 9.59 Å². The van der Waals surface area contributed by atoms with Gasteiger partial charge in [0.15, 0.2) is 0 Å². The van der Waals surface area contributed by atoms with E-state index < -0.39 is 11.9 Å². The molecule has 0 fully saturated rings. The monoisotopic (exact) mass is 263 g/mol. The average Bonchev–Trinajstić information content (AvgIpc) is 2.16. The summed E-state index contributed by atoms with van der Waals surface area (Å²) in [6, 6.07) is 5.66. The van der Waals surface area contributed by atoms with Gasteiger partial charge in [0.2, 0.25) is 0 Å². The van der Waals surface area contributed by atoms with Crippen molar-refractivity contribution in [1.82, 2.24) is 0 Å². The number of halogens is 1. The van der Waals surface area contributed by atoms with Gasteiger partial charge in [0.1, 0.15) is 11.9 Å². The molecule has 0 unspecified atom stereocenters. The van der Waals surface area contributed by atoms with Crippen LogP contribution in [0.5, 0.6) is 0 Å². The van der Waals surface area contributed by atoms with Crippen LogP contribution in [0.4, 0.5) is 0 Å². The Morgan fingerprint density at radius 3 is 2.14 bits per heavy atom. The first-order chi connectivity index (χ1) is 6.16. The summed E-state index contributed by atoms with van der Waals surface area (Å²) in [5.41, 5.74) is -0.196. The van der Waals surface area contributed by atoms with Crippen LogP contribution in [0.25, 0.3) is 0 Å². The minimum Gasteiger partial charge on any atom is -0.478 e. The molecule has 0 spiro atoms. The normalized spacial score (nSPS) is 8.64. The van der Waals surface area contributed by atoms with Crippen LogP contribution in [-0.4, -0.2) is 17.0 Å². The number of carboxylic acids is 1. The third-order valence-corrected chi connectivity index (χ3v) is 1.59. The standard InChI is InChI=1S/C8H5ClO4.Cu/c9-13-8(12)6-4-2-1-3-5(6)7(10)11;/h1-4H,(H,10,11);. The summed E-state index contributed by atoms with van der Waals surface area (Å²) in [6.07, 6.45) is 0. The molecule has 1 aromatic rings. The summed E-state index contributed by atoms with van der Waals surface area (Å²) >= 11 is 4.82. The Morgan fingerprint density at radius 2 is 1.71 bits per heavy atom. The van der Waals surface area contributed by atoms with Crippen molar-refractivity contribution < 1.29 is 36.1 Å². The zero-order valence-corrected chi connectivity index (χ0v) is 8.36. The fourth-order valence-electron chi connectivity index (χ4n) is 0.889. The predicted molar refractivity (Wildman–Crippen MR) is 44.7 cm³/mol. The van der Waals surface area contributed by atoms with E-state index in [0.717, 1.165) is 0 Å². The molecule has 0 bridgehead atoms. The van der Waals surface area contributed by atoms with Gasteiger partial charge in [0, 0.05) is 17.1 Å². The number of rotatable bonds is 2. The van der Waals surface area contributed by atoms with Crippen LogP contribution in [0.15, 0.2) is 24.3 Å². The molecule has 1 N–H and O–H groups in total. The van der Waals surface area contributed by atoms with Gasteiger partial charge in [-0.15, -0.1) is 0 Å². The van der Waals surface area contributed by atoms with E-state index >= 15 is 0 Å². The van der Waals surface area contributed by atoms with Gasteiger partial charge >= 0.3 is 11.9 Å². The minimum atomic E-state index is -1.20. The van der Waals surface area contributed by atoms with Crippen LogP contribution in [-0.2, 0) is 21.4 Å². The first-order valence-electron chi connectivity index (χ1n) is 3.32. The summed E-state index contributed by atoms with van der Waals surface area (Å²) < 4.78 is 3.90. The number of hydrogen-bond donors (Lipinski definition) is 1. The molecule has 0 aliphatic heterocycles. The molecule has 6 heteroatoms. The average molecular weight is 264 g/mol. The molecule has 1 aromatic carbocycles. The van der Waals surface area contributed by atoms with Gasteiger partial charge in [0.25, 0.3) is 0 Å². The quantitative estimate of drug-likeness (QED) is 0.825. The zero-order chi connectivity index (χ0) is 9.84. The molecule has 4 nitrogen and oxygen atoms in total. The Kier molecular flexibility index (Phi) is 5.23. The van der Waals surface area contributed by atoms with E-state index in [9.17, 15) is 9.59 Å². The van der Waals surface area contributed by atoms with Gasteiger partial charge in [-0.05, 0) is 12.1 Å². The van der Waals surface area contributed by atoms with Crippen molar-refractivity contribution in [1.29, 1.82) is 0 Å². The fraction of sp³-hybridized carbons (Fsp3) is 0. The molecular formula is C8H5ClCuO4. The molecule has 0 amide bonds. The number of carbonyl (C=O) groups is 2. The van der Waals surface area contributed by atoms with Crippen molar-refractivity contribution in [3.05, 3.63) is 35.4 Å². The number of carboxylic acid groups (broad SMARTS) is 1. The van der Waals surface area contributed by atoms with Crippen molar-refractivity contribution in [2.24, 2.45) is 0 Å². The fourth-order valence-corrected chi connectivity index (χ4v) is 0.972. The van der Waals surface area contributed by atoms with E-state index in [2.05, 4.69) is 4.29 Å². The summed E-state index contributed by atoms with van der Waals surface area (Å²) in [7, 11) is 0. The molecule has 14 heavy (non-hydrogen) atoms. The Balaban J connectivity index is 0.00000169. The van der Waals surface area contributed by atoms with E-state index in [1.165, 1.54) is 24.3 Å². The van der Waals surface area contributed by atoms with E-state index in [0.29, 0.717) is 0 Å². The molecule has 0 saturated carbocycles. The minimum absolute atomic E-state index is 0. The van der Waals surface area contributed by atoms with Gasteiger partial charge < -0.3 is 9.40 Å². The predicted octanol–water partition coefficient (Wildman–Crippen LogP) is 1.69. The van der Waals surface area contributed by atoms with E-state index in [-0.39, 0.29) is 28.2 Å². The molecule has 1 rings (SSSR count). The second kappa shape index (κ2) is 5.65. The second-order valence-corrected chi connectivity index (χ2v) is 2.37. The van der Waals surface area contributed by atoms with Gasteiger partial charge in [-0.3, -0.25) is 0 Å². The largest absolute Gasteiger partial charge is 0.478 e. The number of hydrogen-bond acceptors (Lipinski definition) is 3. The molecule has 0 aliphatic rings. The first kappa shape index (κ1) is 13.0. The molecular weight excluding hydrogens is 259 g/mol. The topological polar surface area (TPSA) is 63.6 Å². The van der Waals surface area contributed by atoms with Crippen LogP contribution < -0.4 is 0 Å². The van der Waals surface area contributed by atoms with Gasteiger partial charge in [-0.2, -0.15) is 0 Å². The van der Waals surface area contributed by atoms with Crippen LogP contribution in [0.1, 0.15) is 20.7 Å². The van der Waals surface area contributed by atoms with Crippen LogP contribution in [0.3, 0.4) is 0 Å². The smallest absolute Gasteiger partial charge is 0.357 e. The molecule has 0 atom stereocenters. The summed E-state index contributed by atoms with van der Waals surface area (Å²) in [4.78, 5) is 21.5. The van der Waals surface area contributed by atoms with Crippen molar-refractivity contribution >= 4 is 23.8 Å². The van der Waals surface area contributed by atoms with Crippen LogP contribution >= 0.6 is 11.9 Å². The van der Waals surface area contributed by atoms with Crippen molar-refractivity contribution in [2.45, 2.75) is 0 Å². The molecule has 0 aromatic heterocycles. The molecule has 79 valence electrons. The van der Waals surface area contributed by atoms with Gasteiger partial charge in [0.05, 0.1) is 11.1 Å². The van der Waals surface area contributed by atoms with E-state index in [4.69, 9.17) is 17.0 Å². The number of benzene rings is 1. The summed E-state index contributed by atoms with van der Waals surface area (Å²) in [6.45, 7) is 0. The molecule has 0 aliphatic carbocycles. The number of aromatic carboxylic acids is 1. The third kappa shape index (κ3) is 2.73. The first-order valence-corrected chi connectivity index (χ1v) is 3.63. The molecule has 0 saturated heterocycles. The van der Waals surface area contributed by atoms with Crippen LogP contribution in [0, 0.1) is 0 Å². The van der Waals surface area contributed by atoms with Crippen molar-refractivity contribution in [3.63, 3.8) is 0 Å². The Labute approximate surface area is 95.5 Å². The molecule has 1 radical (unpaired) electrons.